The lowest BCUT2D eigenvalue weighted by Gasteiger charge is -2.20. The molecule has 0 aliphatic heterocycles. The van der Waals surface area contributed by atoms with Crippen LogP contribution in [0.15, 0.2) is 0 Å². The quantitative estimate of drug-likeness (QED) is 0.0943. The van der Waals surface area contributed by atoms with Gasteiger partial charge in [-0.3, -0.25) is 14.5 Å². The Balaban J connectivity index is 3.65. The van der Waals surface area contributed by atoms with Gasteiger partial charge in [0.25, 0.3) is 0 Å². The molecule has 0 radical (unpaired) electrons. The summed E-state index contributed by atoms with van der Waals surface area (Å²) in [4.78, 5) is 25.1. The van der Waals surface area contributed by atoms with Crippen molar-refractivity contribution in [2.45, 2.75) is 149 Å². The van der Waals surface area contributed by atoms with Crippen molar-refractivity contribution in [1.82, 2.24) is 4.90 Å². The highest BCUT2D eigenvalue weighted by Gasteiger charge is 2.09. The van der Waals surface area contributed by atoms with Crippen LogP contribution in [0.4, 0.5) is 0 Å². The molecular weight excluding hydrogens is 426 g/mol. The van der Waals surface area contributed by atoms with E-state index in [4.69, 9.17) is 4.74 Å². The van der Waals surface area contributed by atoms with Gasteiger partial charge in [0.05, 0.1) is 13.2 Å². The van der Waals surface area contributed by atoms with Crippen LogP contribution in [0.1, 0.15) is 149 Å². The molecule has 0 aromatic heterocycles. The molecule has 0 rings (SSSR count). The van der Waals surface area contributed by atoms with E-state index < -0.39 is 5.97 Å². The smallest absolute Gasteiger partial charge is 0.317 e. The SMILES string of the molecule is CCCCCCCCCCCCCCN(CCCCCC(=O)OCCCCCCC)CC(=O)O. The lowest BCUT2D eigenvalue weighted by atomic mass is 10.1. The molecule has 5 heteroatoms. The maximum atomic E-state index is 11.8. The van der Waals surface area contributed by atoms with Crippen LogP contribution in [0.2, 0.25) is 0 Å². The van der Waals surface area contributed by atoms with E-state index in [-0.39, 0.29) is 12.5 Å². The second-order valence-electron chi connectivity index (χ2n) is 10.0. The van der Waals surface area contributed by atoms with E-state index in [1.54, 1.807) is 0 Å². The van der Waals surface area contributed by atoms with Crippen LogP contribution in [0.25, 0.3) is 0 Å². The zero-order valence-corrected chi connectivity index (χ0v) is 22.8. The Kier molecular flexibility index (Phi) is 25.6. The molecule has 202 valence electrons. The number of rotatable bonds is 27. The predicted molar refractivity (Wildman–Crippen MR) is 143 cm³/mol. The summed E-state index contributed by atoms with van der Waals surface area (Å²) in [5.74, 6) is -0.837. The molecule has 0 aromatic carbocycles. The molecule has 0 atom stereocenters. The van der Waals surface area contributed by atoms with Crippen LogP contribution in [0.3, 0.4) is 0 Å². The summed E-state index contributed by atoms with van der Waals surface area (Å²) in [6.07, 6.45) is 24.8. The molecule has 0 amide bonds. The molecule has 0 unspecified atom stereocenters. The van der Waals surface area contributed by atoms with Gasteiger partial charge >= 0.3 is 11.9 Å². The van der Waals surface area contributed by atoms with Crippen molar-refractivity contribution in [1.29, 1.82) is 0 Å². The van der Waals surface area contributed by atoms with Crippen molar-refractivity contribution < 1.29 is 19.4 Å². The lowest BCUT2D eigenvalue weighted by molar-refractivity contribution is -0.144. The molecule has 1 N–H and O–H groups in total. The highest BCUT2D eigenvalue weighted by molar-refractivity contribution is 5.69. The average molecular weight is 484 g/mol. The van der Waals surface area contributed by atoms with E-state index in [0.717, 1.165) is 51.6 Å². The predicted octanol–water partition coefficient (Wildman–Crippen LogP) is 8.15. The van der Waals surface area contributed by atoms with Crippen molar-refractivity contribution in [3.8, 4) is 0 Å². The molecule has 5 nitrogen and oxygen atoms in total. The summed E-state index contributed by atoms with van der Waals surface area (Å²) in [6, 6.07) is 0. The number of carbonyl (C=O) groups is 2. The average Bonchev–Trinajstić information content (AvgIpc) is 2.81. The molecule has 0 bridgehead atoms. The summed E-state index contributed by atoms with van der Waals surface area (Å²) in [5.41, 5.74) is 0. The van der Waals surface area contributed by atoms with E-state index in [1.165, 1.54) is 89.9 Å². The molecule has 0 aromatic rings. The number of carbonyl (C=O) groups excluding carboxylic acids is 1. The van der Waals surface area contributed by atoms with Gasteiger partial charge in [0.15, 0.2) is 0 Å². The highest BCUT2D eigenvalue weighted by atomic mass is 16.5. The van der Waals surface area contributed by atoms with Crippen LogP contribution in [-0.4, -0.2) is 48.2 Å². The van der Waals surface area contributed by atoms with Crippen molar-refractivity contribution in [3.05, 3.63) is 0 Å². The van der Waals surface area contributed by atoms with Crippen molar-refractivity contribution in [2.75, 3.05) is 26.2 Å². The van der Waals surface area contributed by atoms with Gasteiger partial charge in [0.2, 0.25) is 0 Å². The van der Waals surface area contributed by atoms with Crippen LogP contribution >= 0.6 is 0 Å². The van der Waals surface area contributed by atoms with E-state index in [0.29, 0.717) is 13.0 Å². The minimum atomic E-state index is -0.749. The summed E-state index contributed by atoms with van der Waals surface area (Å²) in [5, 5.41) is 9.20. The van der Waals surface area contributed by atoms with Gasteiger partial charge in [0.1, 0.15) is 0 Å². The Morgan fingerprint density at radius 2 is 1.00 bits per heavy atom. The number of carboxylic acid groups (broad SMARTS) is 1. The number of hydrogen-bond donors (Lipinski definition) is 1. The lowest BCUT2D eigenvalue weighted by Crippen LogP contribution is -2.31. The van der Waals surface area contributed by atoms with E-state index >= 15 is 0 Å². The van der Waals surface area contributed by atoms with E-state index in [2.05, 4.69) is 18.7 Å². The number of unbranched alkanes of at least 4 members (excludes halogenated alkanes) is 17. The Labute approximate surface area is 211 Å². The van der Waals surface area contributed by atoms with Gasteiger partial charge in [-0.2, -0.15) is 0 Å². The number of ether oxygens (including phenoxy) is 1. The van der Waals surface area contributed by atoms with Gasteiger partial charge < -0.3 is 9.84 Å². The fourth-order valence-corrected chi connectivity index (χ4v) is 4.38. The number of hydrogen-bond acceptors (Lipinski definition) is 4. The zero-order valence-electron chi connectivity index (χ0n) is 22.8. The summed E-state index contributed by atoms with van der Waals surface area (Å²) in [6.45, 7) is 6.80. The Morgan fingerprint density at radius 3 is 1.47 bits per heavy atom. The first-order valence-corrected chi connectivity index (χ1v) is 14.7. The van der Waals surface area contributed by atoms with E-state index in [1.807, 2.05) is 0 Å². The van der Waals surface area contributed by atoms with Gasteiger partial charge in [0, 0.05) is 6.42 Å². The summed E-state index contributed by atoms with van der Waals surface area (Å²) >= 11 is 0. The van der Waals surface area contributed by atoms with Crippen molar-refractivity contribution in [3.63, 3.8) is 0 Å². The van der Waals surface area contributed by atoms with Crippen LogP contribution in [-0.2, 0) is 14.3 Å². The molecular formula is C29H57NO4. The number of nitrogens with zero attached hydrogens (tertiary/aromatic N) is 1. The maximum Gasteiger partial charge on any atom is 0.317 e. The largest absolute Gasteiger partial charge is 0.480 e. The normalized spacial score (nSPS) is 11.3. The minimum Gasteiger partial charge on any atom is -0.480 e. The third-order valence-electron chi connectivity index (χ3n) is 6.55. The topological polar surface area (TPSA) is 66.8 Å². The number of carboxylic acids is 1. The summed E-state index contributed by atoms with van der Waals surface area (Å²) in [7, 11) is 0. The van der Waals surface area contributed by atoms with Crippen LogP contribution in [0, 0.1) is 0 Å². The standard InChI is InChI=1S/C29H57NO4/c1-3-5-7-9-10-11-12-13-14-15-16-20-24-30(27-28(31)32)25-21-18-19-23-29(33)34-26-22-17-8-6-4-2/h3-27H2,1-2H3,(H,31,32). The molecule has 0 aliphatic rings. The second kappa shape index (κ2) is 26.5. The molecule has 0 saturated carbocycles. The zero-order chi connectivity index (χ0) is 25.1. The third kappa shape index (κ3) is 25.5. The molecule has 0 heterocycles. The fourth-order valence-electron chi connectivity index (χ4n) is 4.38. The van der Waals surface area contributed by atoms with Gasteiger partial charge in [-0.1, -0.05) is 117 Å². The molecule has 0 aliphatic carbocycles. The summed E-state index contributed by atoms with van der Waals surface area (Å²) < 4.78 is 5.30. The molecule has 0 saturated heterocycles. The molecule has 34 heavy (non-hydrogen) atoms. The highest BCUT2D eigenvalue weighted by Crippen LogP contribution is 2.12. The van der Waals surface area contributed by atoms with Crippen LogP contribution < -0.4 is 0 Å². The van der Waals surface area contributed by atoms with E-state index in [9.17, 15) is 14.7 Å². The third-order valence-corrected chi connectivity index (χ3v) is 6.55. The Hall–Kier alpha value is -1.10. The number of aliphatic carboxylic acids is 1. The van der Waals surface area contributed by atoms with Gasteiger partial charge in [-0.15, -0.1) is 0 Å². The Bertz CT molecular complexity index is 455. The monoisotopic (exact) mass is 483 g/mol. The minimum absolute atomic E-state index is 0.0885. The first-order chi connectivity index (χ1) is 16.6. The first kappa shape index (κ1) is 32.9. The molecule has 0 spiro atoms. The van der Waals surface area contributed by atoms with Gasteiger partial charge in [-0.25, -0.2) is 0 Å². The maximum absolute atomic E-state index is 11.8. The molecule has 0 fully saturated rings. The van der Waals surface area contributed by atoms with Crippen molar-refractivity contribution in [2.24, 2.45) is 0 Å². The van der Waals surface area contributed by atoms with Crippen LogP contribution in [0.5, 0.6) is 0 Å². The Morgan fingerprint density at radius 1 is 0.588 bits per heavy atom. The fraction of sp³-hybridized carbons (Fsp3) is 0.931. The van der Waals surface area contributed by atoms with Crippen molar-refractivity contribution >= 4 is 11.9 Å². The number of esters is 1. The second-order valence-corrected chi connectivity index (χ2v) is 10.0. The van der Waals surface area contributed by atoms with Gasteiger partial charge in [-0.05, 0) is 38.8 Å². The first-order valence-electron chi connectivity index (χ1n) is 14.7.